The Labute approximate surface area is 166 Å². The van der Waals surface area contributed by atoms with Crippen molar-refractivity contribution in [3.8, 4) is 5.75 Å². The van der Waals surface area contributed by atoms with E-state index in [0.717, 1.165) is 25.1 Å². The van der Waals surface area contributed by atoms with Gasteiger partial charge in [0.15, 0.2) is 5.11 Å². The Hall–Kier alpha value is -1.22. The van der Waals surface area contributed by atoms with Crippen molar-refractivity contribution in [3.63, 3.8) is 0 Å². The van der Waals surface area contributed by atoms with Crippen LogP contribution in [0.1, 0.15) is 39.0 Å². The lowest BCUT2D eigenvalue weighted by Crippen LogP contribution is -2.38. The number of rotatable bonds is 9. The number of hydrogen-bond donors (Lipinski definition) is 1. The van der Waals surface area contributed by atoms with Gasteiger partial charge in [0, 0.05) is 24.1 Å². The maximum absolute atomic E-state index is 13.1. The van der Waals surface area contributed by atoms with E-state index in [1.165, 1.54) is 37.5 Å². The predicted molar refractivity (Wildman–Crippen MR) is 106 cm³/mol. The molecular formula is C18H24F4N2OS2. The zero-order valence-electron chi connectivity index (χ0n) is 15.1. The van der Waals surface area contributed by atoms with Crippen LogP contribution in [0, 0.1) is 0 Å². The van der Waals surface area contributed by atoms with Crippen LogP contribution in [-0.2, 0) is 0 Å². The highest BCUT2D eigenvalue weighted by Gasteiger charge is 2.44. The number of benzene rings is 1. The zero-order chi connectivity index (χ0) is 19.9. The van der Waals surface area contributed by atoms with Crippen LogP contribution in [0.25, 0.3) is 0 Å². The van der Waals surface area contributed by atoms with Crippen LogP contribution in [0.15, 0.2) is 24.3 Å². The van der Waals surface area contributed by atoms with Gasteiger partial charge in [-0.05, 0) is 30.8 Å². The summed E-state index contributed by atoms with van der Waals surface area (Å²) in [6.07, 6.45) is -2.66. The second kappa shape index (κ2) is 10.4. The second-order valence-corrected chi connectivity index (χ2v) is 7.96. The molecule has 0 aromatic heterocycles. The van der Waals surface area contributed by atoms with Gasteiger partial charge < -0.3 is 15.0 Å². The van der Waals surface area contributed by atoms with Crippen LogP contribution >= 0.6 is 24.0 Å². The molecule has 3 nitrogen and oxygen atoms in total. The topological polar surface area (TPSA) is 24.5 Å². The fourth-order valence-corrected chi connectivity index (χ4v) is 4.47. The van der Waals surface area contributed by atoms with Gasteiger partial charge in [-0.1, -0.05) is 38.7 Å². The Bertz CT molecular complexity index is 619. The fourth-order valence-electron chi connectivity index (χ4n) is 2.77. The minimum absolute atomic E-state index is 0.296. The number of unbranched alkanes of at least 4 members (excludes halogenated alkanes) is 3. The molecule has 0 radical (unpaired) electrons. The third-order valence-corrected chi connectivity index (χ3v) is 5.78. The number of halogens is 4. The van der Waals surface area contributed by atoms with Crippen molar-refractivity contribution >= 4 is 34.8 Å². The Morgan fingerprint density at radius 2 is 2.15 bits per heavy atom. The number of nitrogens with one attached hydrogen (secondary N) is 1. The number of anilines is 1. The van der Waals surface area contributed by atoms with E-state index in [-0.39, 0.29) is 5.75 Å². The first-order valence-corrected chi connectivity index (χ1v) is 10.4. The van der Waals surface area contributed by atoms with Crippen molar-refractivity contribution in [1.82, 2.24) is 4.90 Å². The summed E-state index contributed by atoms with van der Waals surface area (Å²) in [4.78, 5) is 2.09. The fraction of sp³-hybridized carbons (Fsp3) is 0.611. The highest BCUT2D eigenvalue weighted by atomic mass is 32.2. The van der Waals surface area contributed by atoms with Crippen LogP contribution in [0.2, 0.25) is 0 Å². The van der Waals surface area contributed by atoms with Crippen molar-refractivity contribution in [2.45, 2.75) is 56.9 Å². The summed E-state index contributed by atoms with van der Waals surface area (Å²) in [6.45, 7) is 2.99. The zero-order valence-corrected chi connectivity index (χ0v) is 16.7. The normalized spacial score (nSPS) is 17.4. The van der Waals surface area contributed by atoms with E-state index in [9.17, 15) is 17.6 Å². The molecule has 0 amide bonds. The second-order valence-electron chi connectivity index (χ2n) is 6.29. The van der Waals surface area contributed by atoms with Crippen LogP contribution < -0.4 is 10.1 Å². The van der Waals surface area contributed by atoms with Crippen molar-refractivity contribution in [2.75, 3.05) is 17.6 Å². The van der Waals surface area contributed by atoms with E-state index >= 15 is 0 Å². The van der Waals surface area contributed by atoms with Crippen molar-refractivity contribution in [2.24, 2.45) is 0 Å². The number of thiocarbonyl (C=S) groups is 1. The Morgan fingerprint density at radius 1 is 1.37 bits per heavy atom. The molecular weight excluding hydrogens is 400 g/mol. The average Bonchev–Trinajstić information content (AvgIpc) is 3.07. The van der Waals surface area contributed by atoms with Gasteiger partial charge in [-0.2, -0.15) is 17.6 Å². The van der Waals surface area contributed by atoms with Gasteiger partial charge in [0.25, 0.3) is 0 Å². The molecule has 1 unspecified atom stereocenters. The third kappa shape index (κ3) is 6.71. The van der Waals surface area contributed by atoms with E-state index < -0.39 is 12.5 Å². The summed E-state index contributed by atoms with van der Waals surface area (Å²) >= 11 is 7.31. The predicted octanol–water partition coefficient (Wildman–Crippen LogP) is 5.97. The van der Waals surface area contributed by atoms with Crippen LogP contribution in [-0.4, -0.2) is 40.2 Å². The average molecular weight is 425 g/mol. The molecule has 1 saturated heterocycles. The maximum Gasteiger partial charge on any atom is 0.461 e. The maximum atomic E-state index is 13.1. The summed E-state index contributed by atoms with van der Waals surface area (Å²) in [5.74, 6) is 0.629. The van der Waals surface area contributed by atoms with Gasteiger partial charge in [0.2, 0.25) is 0 Å². The van der Waals surface area contributed by atoms with E-state index in [1.807, 2.05) is 11.8 Å². The van der Waals surface area contributed by atoms with Crippen molar-refractivity contribution in [1.29, 1.82) is 0 Å². The molecule has 1 N–H and O–H groups in total. The van der Waals surface area contributed by atoms with E-state index in [0.29, 0.717) is 16.2 Å². The van der Waals surface area contributed by atoms with Gasteiger partial charge in [0.05, 0.1) is 5.37 Å². The quantitative estimate of drug-likeness (QED) is 0.299. The van der Waals surface area contributed by atoms with Crippen LogP contribution in [0.3, 0.4) is 0 Å². The minimum Gasteiger partial charge on any atom is -0.428 e. The smallest absolute Gasteiger partial charge is 0.428 e. The Kier molecular flexibility index (Phi) is 8.47. The van der Waals surface area contributed by atoms with Crippen LogP contribution in [0.5, 0.6) is 5.75 Å². The highest BCUT2D eigenvalue weighted by Crippen LogP contribution is 2.31. The van der Waals surface area contributed by atoms with Gasteiger partial charge in [-0.3, -0.25) is 0 Å². The molecule has 1 aliphatic heterocycles. The first-order chi connectivity index (χ1) is 12.8. The molecule has 27 heavy (non-hydrogen) atoms. The SMILES string of the molecule is CCCCCCC1SCCN1C(=S)Nc1cccc(OC(F)(F)C(F)F)c1. The summed E-state index contributed by atoms with van der Waals surface area (Å²) in [7, 11) is 0. The summed E-state index contributed by atoms with van der Waals surface area (Å²) < 4.78 is 54.8. The number of thioether (sulfide) groups is 1. The lowest BCUT2D eigenvalue weighted by Gasteiger charge is -2.27. The highest BCUT2D eigenvalue weighted by molar-refractivity contribution is 8.00. The Morgan fingerprint density at radius 3 is 2.85 bits per heavy atom. The minimum atomic E-state index is -4.53. The summed E-state index contributed by atoms with van der Waals surface area (Å²) in [6, 6.07) is 5.51. The lowest BCUT2D eigenvalue weighted by molar-refractivity contribution is -0.253. The van der Waals surface area contributed by atoms with Gasteiger partial charge in [-0.15, -0.1) is 11.8 Å². The standard InChI is InChI=1S/C18H24F4N2OS2/c1-2-3-4-5-9-15-24(10-11-27-15)17(26)23-13-7-6-8-14(12-13)25-18(21,22)16(19)20/h6-8,12,15-16H,2-5,9-11H2,1H3,(H,23,26). The summed E-state index contributed by atoms with van der Waals surface area (Å²) in [5, 5.41) is 3.80. The molecule has 1 aliphatic rings. The molecule has 1 aromatic rings. The monoisotopic (exact) mass is 424 g/mol. The van der Waals surface area contributed by atoms with Crippen LogP contribution in [0.4, 0.5) is 23.2 Å². The molecule has 0 aliphatic carbocycles. The van der Waals surface area contributed by atoms with Crippen molar-refractivity contribution < 1.29 is 22.3 Å². The molecule has 152 valence electrons. The number of ether oxygens (including phenoxy) is 1. The number of alkyl halides is 4. The first kappa shape index (κ1) is 22.1. The molecule has 9 heteroatoms. The molecule has 0 spiro atoms. The molecule has 1 aromatic carbocycles. The third-order valence-electron chi connectivity index (χ3n) is 4.15. The van der Waals surface area contributed by atoms with E-state index in [1.54, 1.807) is 6.07 Å². The molecule has 1 fully saturated rings. The molecule has 0 saturated carbocycles. The number of nitrogens with zero attached hydrogens (tertiary/aromatic N) is 1. The van der Waals surface area contributed by atoms with E-state index in [2.05, 4.69) is 21.9 Å². The Balaban J connectivity index is 1.94. The van der Waals surface area contributed by atoms with E-state index in [4.69, 9.17) is 12.2 Å². The molecule has 0 bridgehead atoms. The van der Waals surface area contributed by atoms with Gasteiger partial charge in [-0.25, -0.2) is 0 Å². The summed E-state index contributed by atoms with van der Waals surface area (Å²) in [5.41, 5.74) is 0.421. The number of hydrogen-bond acceptors (Lipinski definition) is 3. The molecule has 1 heterocycles. The molecule has 1 atom stereocenters. The first-order valence-electron chi connectivity index (χ1n) is 8.97. The largest absolute Gasteiger partial charge is 0.461 e. The molecule has 2 rings (SSSR count). The van der Waals surface area contributed by atoms with Crippen molar-refractivity contribution in [3.05, 3.63) is 24.3 Å². The van der Waals surface area contributed by atoms with Gasteiger partial charge >= 0.3 is 12.5 Å². The lowest BCUT2D eigenvalue weighted by atomic mass is 10.1. The van der Waals surface area contributed by atoms with Gasteiger partial charge in [0.1, 0.15) is 5.75 Å².